The SMILES string of the molecule is CS(=O)(=O)O.Cc1c(C(=O)NN2CCCCC2)nc(-c2ccc(Cl)cc2Cl)n1-c1ccc(OS(=O)(=O)CCC(F)(F)F)cc1. The molecule has 18 heteroatoms. The fraction of sp³-hybridized carbons (Fsp3) is 0.385. The quantitative estimate of drug-likeness (QED) is 0.231. The number of piperidine rings is 1. The normalized spacial score (nSPS) is 14.5. The van der Waals surface area contributed by atoms with E-state index in [0.29, 0.717) is 39.1 Å². The Morgan fingerprint density at radius 1 is 1.05 bits per heavy atom. The highest BCUT2D eigenvalue weighted by molar-refractivity contribution is 7.87. The lowest BCUT2D eigenvalue weighted by molar-refractivity contribution is -0.130. The topological polar surface area (TPSA) is 148 Å². The van der Waals surface area contributed by atoms with E-state index in [1.807, 2.05) is 5.01 Å². The number of alkyl halides is 3. The molecule has 2 heterocycles. The molecule has 1 amide bonds. The van der Waals surface area contributed by atoms with Crippen molar-refractivity contribution in [1.82, 2.24) is 20.0 Å². The molecule has 0 bridgehead atoms. The summed E-state index contributed by atoms with van der Waals surface area (Å²) < 4.78 is 93.7. The number of hydrogen-bond donors (Lipinski definition) is 2. The Hall–Kier alpha value is -2.89. The third-order valence-corrected chi connectivity index (χ3v) is 7.76. The van der Waals surface area contributed by atoms with E-state index in [9.17, 15) is 34.8 Å². The number of nitrogens with zero attached hydrogens (tertiary/aromatic N) is 3. The summed E-state index contributed by atoms with van der Waals surface area (Å²) in [6.07, 6.45) is -2.39. The van der Waals surface area contributed by atoms with E-state index in [-0.39, 0.29) is 11.4 Å². The molecule has 3 aromatic rings. The summed E-state index contributed by atoms with van der Waals surface area (Å²) in [5.41, 5.74) is 4.53. The van der Waals surface area contributed by atoms with Crippen LogP contribution in [0.3, 0.4) is 0 Å². The molecule has 44 heavy (non-hydrogen) atoms. The number of amides is 1. The Morgan fingerprint density at radius 2 is 1.64 bits per heavy atom. The van der Waals surface area contributed by atoms with E-state index in [1.165, 1.54) is 24.3 Å². The van der Waals surface area contributed by atoms with Gasteiger partial charge in [0.05, 0.1) is 29.1 Å². The molecular weight excluding hydrogens is 672 g/mol. The lowest BCUT2D eigenvalue weighted by atomic mass is 10.2. The first-order chi connectivity index (χ1) is 20.3. The monoisotopic (exact) mass is 700 g/mol. The van der Waals surface area contributed by atoms with Crippen molar-refractivity contribution in [3.8, 4) is 22.8 Å². The number of halogens is 5. The van der Waals surface area contributed by atoms with Gasteiger partial charge in [-0.15, -0.1) is 0 Å². The van der Waals surface area contributed by atoms with Gasteiger partial charge in [0.1, 0.15) is 11.6 Å². The minimum Gasteiger partial charge on any atom is -0.382 e. The van der Waals surface area contributed by atoms with Gasteiger partial charge in [0.15, 0.2) is 5.69 Å². The minimum atomic E-state index is -4.63. The van der Waals surface area contributed by atoms with Crippen molar-refractivity contribution < 1.29 is 43.5 Å². The molecule has 2 aromatic carbocycles. The molecular formula is C26H29Cl2F3N4O7S2. The summed E-state index contributed by atoms with van der Waals surface area (Å²) in [7, 11) is -8.13. The van der Waals surface area contributed by atoms with Crippen LogP contribution in [0.1, 0.15) is 41.9 Å². The number of carbonyl (C=O) groups excluding carboxylic acids is 1. The van der Waals surface area contributed by atoms with Crippen LogP contribution in [0, 0.1) is 6.92 Å². The molecule has 2 N–H and O–H groups in total. The third-order valence-electron chi connectivity index (χ3n) is 6.06. The average molecular weight is 702 g/mol. The van der Waals surface area contributed by atoms with Crippen molar-refractivity contribution in [3.63, 3.8) is 0 Å². The molecule has 1 aromatic heterocycles. The molecule has 1 aliphatic rings. The maximum atomic E-state index is 13.2. The molecule has 0 atom stereocenters. The van der Waals surface area contributed by atoms with Gasteiger partial charge in [0.2, 0.25) is 0 Å². The highest BCUT2D eigenvalue weighted by Crippen LogP contribution is 2.34. The number of rotatable bonds is 8. The summed E-state index contributed by atoms with van der Waals surface area (Å²) in [6.45, 7) is 3.17. The largest absolute Gasteiger partial charge is 0.390 e. The summed E-state index contributed by atoms with van der Waals surface area (Å²) in [4.78, 5) is 17.8. The molecule has 11 nitrogen and oxygen atoms in total. The van der Waals surface area contributed by atoms with Gasteiger partial charge in [0, 0.05) is 29.4 Å². The first kappa shape index (κ1) is 35.6. The summed E-state index contributed by atoms with van der Waals surface area (Å²) in [6, 6.07) is 10.5. The maximum absolute atomic E-state index is 13.2. The number of hydrazine groups is 1. The lowest BCUT2D eigenvalue weighted by Gasteiger charge is -2.26. The van der Waals surface area contributed by atoms with E-state index in [1.54, 1.807) is 29.7 Å². The second-order valence-electron chi connectivity index (χ2n) is 9.75. The van der Waals surface area contributed by atoms with E-state index in [2.05, 4.69) is 10.4 Å². The Balaban J connectivity index is 0.000000978. The Labute approximate surface area is 262 Å². The van der Waals surface area contributed by atoms with Crippen LogP contribution in [0.5, 0.6) is 5.75 Å². The van der Waals surface area contributed by atoms with Gasteiger partial charge in [-0.05, 0) is 62.2 Å². The van der Waals surface area contributed by atoms with Gasteiger partial charge in [-0.1, -0.05) is 29.6 Å². The number of benzene rings is 2. The Kier molecular flexibility index (Phi) is 11.7. The number of hydrogen-bond acceptors (Lipinski definition) is 8. The Bertz CT molecular complexity index is 1690. The fourth-order valence-corrected chi connectivity index (χ4v) is 5.63. The van der Waals surface area contributed by atoms with Gasteiger partial charge in [-0.25, -0.2) is 9.99 Å². The highest BCUT2D eigenvalue weighted by Gasteiger charge is 2.31. The average Bonchev–Trinajstić information content (AvgIpc) is 3.24. The number of imidazole rings is 1. The number of aromatic nitrogens is 2. The molecule has 0 spiro atoms. The Morgan fingerprint density at radius 3 is 2.18 bits per heavy atom. The van der Waals surface area contributed by atoms with Crippen molar-refractivity contribution in [2.45, 2.75) is 38.8 Å². The van der Waals surface area contributed by atoms with Crippen LogP contribution < -0.4 is 9.61 Å². The maximum Gasteiger partial charge on any atom is 0.390 e. The molecule has 0 saturated carbocycles. The van der Waals surface area contributed by atoms with Gasteiger partial charge in [-0.3, -0.25) is 19.3 Å². The standard InChI is InChI=1S/C25H25Cl2F3N4O4S.CH4O3S/c1-16-22(24(35)32-33-12-3-2-4-13-33)31-23(20-10-5-17(26)15-21(20)27)34(16)18-6-8-19(9-7-18)38-39(36,37)14-11-25(28,29)30;1-5(2,3)4/h5-10,15H,2-4,11-14H2,1H3,(H,32,35);1H3,(H,2,3,4). The second kappa shape index (κ2) is 14.5. The van der Waals surface area contributed by atoms with Crippen molar-refractivity contribution >= 4 is 49.3 Å². The molecule has 0 unspecified atom stereocenters. The van der Waals surface area contributed by atoms with Gasteiger partial charge >= 0.3 is 16.3 Å². The van der Waals surface area contributed by atoms with Crippen LogP contribution in [-0.2, 0) is 20.2 Å². The van der Waals surface area contributed by atoms with Crippen LogP contribution in [0.4, 0.5) is 13.2 Å². The third kappa shape index (κ3) is 10.9. The molecule has 1 saturated heterocycles. The van der Waals surface area contributed by atoms with Crippen molar-refractivity contribution in [3.05, 3.63) is 63.9 Å². The van der Waals surface area contributed by atoms with Crippen LogP contribution in [0.2, 0.25) is 10.0 Å². The van der Waals surface area contributed by atoms with Gasteiger partial charge in [0.25, 0.3) is 16.0 Å². The number of nitrogens with one attached hydrogen (secondary N) is 1. The van der Waals surface area contributed by atoms with Crippen molar-refractivity contribution in [1.29, 1.82) is 0 Å². The van der Waals surface area contributed by atoms with E-state index < -0.39 is 44.5 Å². The number of carbonyl (C=O) groups is 1. The molecule has 4 rings (SSSR count). The van der Waals surface area contributed by atoms with Crippen LogP contribution in [-0.4, -0.2) is 73.1 Å². The molecule has 1 aliphatic heterocycles. The van der Waals surface area contributed by atoms with Gasteiger partial charge < -0.3 is 4.18 Å². The zero-order valence-electron chi connectivity index (χ0n) is 23.4. The summed E-state index contributed by atoms with van der Waals surface area (Å²) >= 11 is 12.5. The van der Waals surface area contributed by atoms with Crippen molar-refractivity contribution in [2.24, 2.45) is 0 Å². The van der Waals surface area contributed by atoms with E-state index in [4.69, 9.17) is 31.9 Å². The summed E-state index contributed by atoms with van der Waals surface area (Å²) in [5.74, 6) is -1.42. The lowest BCUT2D eigenvalue weighted by Crippen LogP contribution is -2.45. The predicted molar refractivity (Wildman–Crippen MR) is 159 cm³/mol. The molecule has 0 aliphatic carbocycles. The van der Waals surface area contributed by atoms with Crippen LogP contribution in [0.15, 0.2) is 42.5 Å². The first-order valence-electron chi connectivity index (χ1n) is 13.0. The van der Waals surface area contributed by atoms with Crippen LogP contribution in [0.25, 0.3) is 17.1 Å². The first-order valence-corrected chi connectivity index (χ1v) is 17.1. The molecule has 242 valence electrons. The molecule has 0 radical (unpaired) electrons. The second-order valence-corrected chi connectivity index (χ2v) is 13.8. The fourth-order valence-electron chi connectivity index (χ4n) is 4.17. The van der Waals surface area contributed by atoms with Crippen LogP contribution >= 0.6 is 23.2 Å². The molecule has 1 fully saturated rings. The van der Waals surface area contributed by atoms with Gasteiger partial charge in [-0.2, -0.15) is 30.0 Å². The predicted octanol–water partition coefficient (Wildman–Crippen LogP) is 5.45. The van der Waals surface area contributed by atoms with E-state index >= 15 is 0 Å². The smallest absolute Gasteiger partial charge is 0.382 e. The summed E-state index contributed by atoms with van der Waals surface area (Å²) in [5, 5.41) is 2.56. The minimum absolute atomic E-state index is 0.159. The highest BCUT2D eigenvalue weighted by atomic mass is 35.5. The van der Waals surface area contributed by atoms with E-state index in [0.717, 1.165) is 32.4 Å². The zero-order chi connectivity index (χ0) is 32.9. The zero-order valence-corrected chi connectivity index (χ0v) is 26.6. The van der Waals surface area contributed by atoms with Crippen molar-refractivity contribution in [2.75, 3.05) is 25.1 Å².